The van der Waals surface area contributed by atoms with Crippen LogP contribution in [0.25, 0.3) is 0 Å². The Labute approximate surface area is 99.2 Å². The van der Waals surface area contributed by atoms with Gasteiger partial charge in [0.1, 0.15) is 0 Å². The number of hydrogen-bond donors (Lipinski definition) is 0. The van der Waals surface area contributed by atoms with Crippen molar-refractivity contribution in [2.45, 2.75) is 19.8 Å². The van der Waals surface area contributed by atoms with Gasteiger partial charge in [-0.25, -0.2) is 0 Å². The number of carbonyl (C=O) groups excluding carboxylic acids is 1. The second-order valence-electron chi connectivity index (χ2n) is 4.81. The molecule has 1 aliphatic rings. The van der Waals surface area contributed by atoms with Crippen molar-refractivity contribution in [3.05, 3.63) is 0 Å². The first-order valence-electron chi connectivity index (χ1n) is 6.28. The monoisotopic (exact) mass is 227 g/mol. The third kappa shape index (κ3) is 4.49. The molecule has 1 rings (SSSR count). The summed E-state index contributed by atoms with van der Waals surface area (Å²) in [5.74, 6) is 0.264. The zero-order valence-electron chi connectivity index (χ0n) is 10.9. The molecule has 0 unspecified atom stereocenters. The highest BCUT2D eigenvalue weighted by Crippen LogP contribution is 2.04. The summed E-state index contributed by atoms with van der Waals surface area (Å²) in [6.07, 6.45) is 2.52. The van der Waals surface area contributed by atoms with E-state index in [0.29, 0.717) is 6.54 Å². The second kappa shape index (κ2) is 6.86. The van der Waals surface area contributed by atoms with Crippen molar-refractivity contribution in [3.8, 4) is 0 Å². The third-order valence-electron chi connectivity index (χ3n) is 3.00. The summed E-state index contributed by atoms with van der Waals surface area (Å²) < 4.78 is 0. The summed E-state index contributed by atoms with van der Waals surface area (Å²) in [5.41, 5.74) is 0. The summed E-state index contributed by atoms with van der Waals surface area (Å²) in [6, 6.07) is 0. The molecule has 1 heterocycles. The largest absolute Gasteiger partial charge is 0.339 e. The summed E-state index contributed by atoms with van der Waals surface area (Å²) in [5, 5.41) is 0. The summed E-state index contributed by atoms with van der Waals surface area (Å²) in [7, 11) is 3.88. The van der Waals surface area contributed by atoms with Crippen LogP contribution in [-0.4, -0.2) is 74.0 Å². The van der Waals surface area contributed by atoms with Crippen molar-refractivity contribution in [2.75, 3.05) is 53.4 Å². The van der Waals surface area contributed by atoms with Gasteiger partial charge in [-0.1, -0.05) is 13.3 Å². The molecule has 1 fully saturated rings. The van der Waals surface area contributed by atoms with Gasteiger partial charge < -0.3 is 9.80 Å². The van der Waals surface area contributed by atoms with Gasteiger partial charge in [0, 0.05) is 26.2 Å². The van der Waals surface area contributed by atoms with Crippen molar-refractivity contribution in [3.63, 3.8) is 0 Å². The number of piperazine rings is 1. The predicted octanol–water partition coefficient (Wildman–Crippen LogP) is 0.492. The van der Waals surface area contributed by atoms with Crippen LogP contribution in [0.2, 0.25) is 0 Å². The van der Waals surface area contributed by atoms with Gasteiger partial charge in [-0.2, -0.15) is 0 Å². The lowest BCUT2D eigenvalue weighted by atomic mass is 10.2. The Morgan fingerprint density at radius 2 is 1.81 bits per heavy atom. The number of carbonyl (C=O) groups is 1. The Bertz CT molecular complexity index is 210. The van der Waals surface area contributed by atoms with E-state index in [9.17, 15) is 4.79 Å². The molecule has 0 spiro atoms. The van der Waals surface area contributed by atoms with Gasteiger partial charge in [-0.3, -0.25) is 9.69 Å². The Hall–Kier alpha value is -0.610. The smallest absolute Gasteiger partial charge is 0.236 e. The Morgan fingerprint density at radius 3 is 2.31 bits per heavy atom. The molecule has 16 heavy (non-hydrogen) atoms. The number of rotatable bonds is 5. The Morgan fingerprint density at radius 1 is 1.19 bits per heavy atom. The van der Waals surface area contributed by atoms with Crippen LogP contribution >= 0.6 is 0 Å². The maximum atomic E-state index is 11.8. The molecule has 0 aliphatic carbocycles. The fourth-order valence-electron chi connectivity index (χ4n) is 1.97. The van der Waals surface area contributed by atoms with E-state index in [1.54, 1.807) is 0 Å². The van der Waals surface area contributed by atoms with Crippen LogP contribution in [0.3, 0.4) is 0 Å². The van der Waals surface area contributed by atoms with Gasteiger partial charge in [0.2, 0.25) is 5.91 Å². The molecule has 0 aromatic carbocycles. The fourth-order valence-corrected chi connectivity index (χ4v) is 1.97. The van der Waals surface area contributed by atoms with Gasteiger partial charge in [0.05, 0.1) is 6.54 Å². The number of hydrogen-bond acceptors (Lipinski definition) is 3. The lowest BCUT2D eigenvalue weighted by molar-refractivity contribution is -0.133. The van der Waals surface area contributed by atoms with Crippen molar-refractivity contribution in [1.82, 2.24) is 14.7 Å². The average Bonchev–Trinajstić information content (AvgIpc) is 2.26. The van der Waals surface area contributed by atoms with Gasteiger partial charge in [0.25, 0.3) is 0 Å². The topological polar surface area (TPSA) is 26.8 Å². The molecule has 0 aromatic rings. The fraction of sp³-hybridized carbons (Fsp3) is 0.917. The van der Waals surface area contributed by atoms with Crippen LogP contribution in [0.1, 0.15) is 19.8 Å². The van der Waals surface area contributed by atoms with Crippen LogP contribution in [-0.2, 0) is 4.79 Å². The first kappa shape index (κ1) is 13.5. The molecule has 94 valence electrons. The van der Waals surface area contributed by atoms with E-state index in [1.165, 1.54) is 19.4 Å². The lowest BCUT2D eigenvalue weighted by Crippen LogP contribution is -2.50. The van der Waals surface area contributed by atoms with E-state index < -0.39 is 0 Å². The van der Waals surface area contributed by atoms with Crippen molar-refractivity contribution in [2.24, 2.45) is 0 Å². The third-order valence-corrected chi connectivity index (χ3v) is 3.00. The average molecular weight is 227 g/mol. The molecular formula is C12H25N3O. The summed E-state index contributed by atoms with van der Waals surface area (Å²) in [6.45, 7) is 7.82. The van der Waals surface area contributed by atoms with Crippen molar-refractivity contribution < 1.29 is 4.79 Å². The molecule has 0 saturated carbocycles. The summed E-state index contributed by atoms with van der Waals surface area (Å²) >= 11 is 0. The van der Waals surface area contributed by atoms with Crippen LogP contribution in [0.5, 0.6) is 0 Å². The minimum atomic E-state index is 0.264. The van der Waals surface area contributed by atoms with Gasteiger partial charge in [-0.05, 0) is 27.1 Å². The van der Waals surface area contributed by atoms with E-state index in [2.05, 4.69) is 11.8 Å². The molecule has 1 saturated heterocycles. The number of unbranched alkanes of at least 4 members (excludes halogenated alkanes) is 1. The minimum absolute atomic E-state index is 0.264. The van der Waals surface area contributed by atoms with E-state index in [4.69, 9.17) is 0 Å². The van der Waals surface area contributed by atoms with Crippen molar-refractivity contribution in [1.29, 1.82) is 0 Å². The molecule has 1 amide bonds. The lowest BCUT2D eigenvalue weighted by Gasteiger charge is -2.35. The minimum Gasteiger partial charge on any atom is -0.339 e. The van der Waals surface area contributed by atoms with E-state index in [-0.39, 0.29) is 5.91 Å². The first-order chi connectivity index (χ1) is 7.63. The molecule has 4 nitrogen and oxygen atoms in total. The second-order valence-corrected chi connectivity index (χ2v) is 4.81. The zero-order chi connectivity index (χ0) is 12.0. The maximum Gasteiger partial charge on any atom is 0.236 e. The highest BCUT2D eigenvalue weighted by molar-refractivity contribution is 5.78. The van der Waals surface area contributed by atoms with Gasteiger partial charge >= 0.3 is 0 Å². The number of nitrogens with zero attached hydrogens (tertiary/aromatic N) is 3. The van der Waals surface area contributed by atoms with Crippen LogP contribution in [0.4, 0.5) is 0 Å². The quantitative estimate of drug-likeness (QED) is 0.684. The normalized spacial score (nSPS) is 18.1. The number of likely N-dealkylation sites (N-methyl/N-ethyl adjacent to an activating group) is 1. The first-order valence-corrected chi connectivity index (χ1v) is 6.28. The standard InChI is InChI=1S/C12H25N3O/c1-4-5-6-14-7-9-15(10-8-14)12(16)11-13(2)3/h4-11H2,1-3H3. The Kier molecular flexibility index (Phi) is 5.77. The number of amides is 1. The van der Waals surface area contributed by atoms with Crippen LogP contribution in [0, 0.1) is 0 Å². The van der Waals surface area contributed by atoms with E-state index in [1.807, 2.05) is 23.9 Å². The summed E-state index contributed by atoms with van der Waals surface area (Å²) in [4.78, 5) is 18.2. The molecule has 4 heteroatoms. The maximum absolute atomic E-state index is 11.8. The molecule has 0 aromatic heterocycles. The molecule has 0 bridgehead atoms. The highest BCUT2D eigenvalue weighted by Gasteiger charge is 2.20. The molecular weight excluding hydrogens is 202 g/mol. The molecule has 0 radical (unpaired) electrons. The highest BCUT2D eigenvalue weighted by atomic mass is 16.2. The molecule has 1 aliphatic heterocycles. The van der Waals surface area contributed by atoms with Crippen molar-refractivity contribution >= 4 is 5.91 Å². The van der Waals surface area contributed by atoms with E-state index >= 15 is 0 Å². The SMILES string of the molecule is CCCCN1CCN(C(=O)CN(C)C)CC1. The van der Waals surface area contributed by atoms with Crippen LogP contribution < -0.4 is 0 Å². The van der Waals surface area contributed by atoms with Gasteiger partial charge in [0.15, 0.2) is 0 Å². The van der Waals surface area contributed by atoms with Crippen LogP contribution in [0.15, 0.2) is 0 Å². The molecule has 0 atom stereocenters. The Balaban J connectivity index is 2.23. The zero-order valence-corrected chi connectivity index (χ0v) is 10.9. The molecule has 0 N–H and O–H groups in total. The van der Waals surface area contributed by atoms with E-state index in [0.717, 1.165) is 26.2 Å². The van der Waals surface area contributed by atoms with Gasteiger partial charge in [-0.15, -0.1) is 0 Å². The predicted molar refractivity (Wildman–Crippen MR) is 66.5 cm³/mol.